The minimum absolute atomic E-state index is 0.595. The van der Waals surface area contributed by atoms with Crippen LogP contribution >= 0.6 is 0 Å². The Morgan fingerprint density at radius 3 is 2.56 bits per heavy atom. The standard InChI is InChI=1S/C15H14N2O/c1-3-13-8-15(12(9-16)10-17-13)11-4-6-14(18-2)7-5-11/h4-8,10H,3H2,1-2H3. The minimum Gasteiger partial charge on any atom is -0.497 e. The molecule has 0 aliphatic heterocycles. The van der Waals surface area contributed by atoms with E-state index in [9.17, 15) is 0 Å². The van der Waals surface area contributed by atoms with E-state index in [4.69, 9.17) is 10.00 Å². The summed E-state index contributed by atoms with van der Waals surface area (Å²) < 4.78 is 5.13. The lowest BCUT2D eigenvalue weighted by Gasteiger charge is -2.07. The fourth-order valence-corrected chi connectivity index (χ4v) is 1.79. The van der Waals surface area contributed by atoms with Gasteiger partial charge in [0.1, 0.15) is 11.8 Å². The highest BCUT2D eigenvalue weighted by molar-refractivity contribution is 5.70. The van der Waals surface area contributed by atoms with E-state index in [0.717, 1.165) is 29.0 Å². The van der Waals surface area contributed by atoms with Gasteiger partial charge in [-0.1, -0.05) is 19.1 Å². The number of ether oxygens (including phenoxy) is 1. The molecule has 1 aromatic heterocycles. The van der Waals surface area contributed by atoms with Crippen molar-refractivity contribution in [3.63, 3.8) is 0 Å². The number of hydrogen-bond acceptors (Lipinski definition) is 3. The van der Waals surface area contributed by atoms with Crippen LogP contribution in [0.3, 0.4) is 0 Å². The molecule has 18 heavy (non-hydrogen) atoms. The van der Waals surface area contributed by atoms with Crippen molar-refractivity contribution in [2.75, 3.05) is 7.11 Å². The quantitative estimate of drug-likeness (QED) is 0.825. The third-order valence-corrected chi connectivity index (χ3v) is 2.84. The Hall–Kier alpha value is -2.34. The first-order chi connectivity index (χ1) is 8.78. The Bertz CT molecular complexity index is 582. The zero-order valence-corrected chi connectivity index (χ0v) is 10.5. The third kappa shape index (κ3) is 2.33. The SMILES string of the molecule is CCc1cc(-c2ccc(OC)cc2)c(C#N)cn1. The van der Waals surface area contributed by atoms with Crippen LogP contribution < -0.4 is 4.74 Å². The second-order valence-electron chi connectivity index (χ2n) is 3.92. The van der Waals surface area contributed by atoms with E-state index in [1.165, 1.54) is 0 Å². The van der Waals surface area contributed by atoms with Gasteiger partial charge >= 0.3 is 0 Å². The monoisotopic (exact) mass is 238 g/mol. The highest BCUT2D eigenvalue weighted by Gasteiger charge is 2.07. The molecule has 0 aliphatic carbocycles. The van der Waals surface area contributed by atoms with Crippen LogP contribution in [0.25, 0.3) is 11.1 Å². The van der Waals surface area contributed by atoms with E-state index in [-0.39, 0.29) is 0 Å². The summed E-state index contributed by atoms with van der Waals surface area (Å²) in [5.74, 6) is 0.807. The first-order valence-electron chi connectivity index (χ1n) is 5.82. The fourth-order valence-electron chi connectivity index (χ4n) is 1.79. The molecule has 0 bridgehead atoms. The Morgan fingerprint density at radius 2 is 2.00 bits per heavy atom. The summed E-state index contributed by atoms with van der Waals surface area (Å²) in [6, 6.07) is 11.8. The average molecular weight is 238 g/mol. The first kappa shape index (κ1) is 12.1. The van der Waals surface area contributed by atoms with Gasteiger partial charge in [-0.25, -0.2) is 0 Å². The Labute approximate surface area is 107 Å². The maximum Gasteiger partial charge on any atom is 0.118 e. The number of pyridine rings is 1. The molecular weight excluding hydrogens is 224 g/mol. The van der Waals surface area contributed by atoms with Gasteiger partial charge in [0.05, 0.1) is 12.7 Å². The smallest absolute Gasteiger partial charge is 0.118 e. The van der Waals surface area contributed by atoms with E-state index in [1.807, 2.05) is 37.3 Å². The van der Waals surface area contributed by atoms with Gasteiger partial charge in [-0.2, -0.15) is 5.26 Å². The van der Waals surface area contributed by atoms with Crippen LogP contribution in [0.5, 0.6) is 5.75 Å². The van der Waals surface area contributed by atoms with Gasteiger partial charge in [0.25, 0.3) is 0 Å². The normalized spacial score (nSPS) is 9.83. The maximum atomic E-state index is 9.13. The summed E-state index contributed by atoms with van der Waals surface area (Å²) in [5, 5.41) is 9.13. The predicted octanol–water partition coefficient (Wildman–Crippen LogP) is 3.19. The molecule has 0 fully saturated rings. The van der Waals surface area contributed by atoms with Gasteiger partial charge in [-0.05, 0) is 30.2 Å². The maximum absolute atomic E-state index is 9.13. The lowest BCUT2D eigenvalue weighted by Crippen LogP contribution is -1.92. The molecule has 2 aromatic rings. The summed E-state index contributed by atoms with van der Waals surface area (Å²) in [4.78, 5) is 4.24. The zero-order valence-electron chi connectivity index (χ0n) is 10.5. The van der Waals surface area contributed by atoms with Crippen LogP contribution in [-0.4, -0.2) is 12.1 Å². The van der Waals surface area contributed by atoms with Gasteiger partial charge < -0.3 is 4.74 Å². The van der Waals surface area contributed by atoms with Gasteiger partial charge in [-0.3, -0.25) is 4.98 Å². The number of nitrogens with zero attached hydrogens (tertiary/aromatic N) is 2. The largest absolute Gasteiger partial charge is 0.497 e. The number of hydrogen-bond donors (Lipinski definition) is 0. The highest BCUT2D eigenvalue weighted by atomic mass is 16.5. The lowest BCUT2D eigenvalue weighted by molar-refractivity contribution is 0.415. The van der Waals surface area contributed by atoms with Crippen molar-refractivity contribution in [1.29, 1.82) is 5.26 Å². The number of methoxy groups -OCH3 is 1. The van der Waals surface area contributed by atoms with Gasteiger partial charge in [-0.15, -0.1) is 0 Å². The molecule has 3 heteroatoms. The van der Waals surface area contributed by atoms with Crippen molar-refractivity contribution in [3.8, 4) is 22.9 Å². The van der Waals surface area contributed by atoms with Crippen LogP contribution in [0.15, 0.2) is 36.5 Å². The van der Waals surface area contributed by atoms with Crippen LogP contribution in [0, 0.1) is 11.3 Å². The molecule has 0 unspecified atom stereocenters. The Balaban J connectivity index is 2.50. The molecule has 0 spiro atoms. The molecule has 0 radical (unpaired) electrons. The molecule has 0 amide bonds. The molecule has 0 atom stereocenters. The zero-order chi connectivity index (χ0) is 13.0. The molecule has 0 saturated carbocycles. The lowest BCUT2D eigenvalue weighted by atomic mass is 10.0. The molecule has 0 saturated heterocycles. The summed E-state index contributed by atoms with van der Waals surface area (Å²) in [6.45, 7) is 2.05. The first-order valence-corrected chi connectivity index (χ1v) is 5.82. The van der Waals surface area contributed by atoms with Crippen molar-refractivity contribution >= 4 is 0 Å². The number of aromatic nitrogens is 1. The summed E-state index contributed by atoms with van der Waals surface area (Å²) in [5.41, 5.74) is 3.51. The van der Waals surface area contributed by atoms with Gasteiger partial charge in [0.15, 0.2) is 0 Å². The van der Waals surface area contributed by atoms with E-state index in [2.05, 4.69) is 11.1 Å². The summed E-state index contributed by atoms with van der Waals surface area (Å²) >= 11 is 0. The third-order valence-electron chi connectivity index (χ3n) is 2.84. The molecule has 1 heterocycles. The molecule has 3 nitrogen and oxygen atoms in total. The highest BCUT2D eigenvalue weighted by Crippen LogP contribution is 2.25. The number of nitriles is 1. The van der Waals surface area contributed by atoms with E-state index in [0.29, 0.717) is 5.56 Å². The molecule has 0 N–H and O–H groups in total. The molecular formula is C15H14N2O. The van der Waals surface area contributed by atoms with E-state index >= 15 is 0 Å². The van der Waals surface area contributed by atoms with E-state index in [1.54, 1.807) is 13.3 Å². The second kappa shape index (κ2) is 5.33. The van der Waals surface area contributed by atoms with Crippen LogP contribution in [0.2, 0.25) is 0 Å². The van der Waals surface area contributed by atoms with Gasteiger partial charge in [0, 0.05) is 17.5 Å². The van der Waals surface area contributed by atoms with Crippen molar-refractivity contribution < 1.29 is 4.74 Å². The van der Waals surface area contributed by atoms with Gasteiger partial charge in [0.2, 0.25) is 0 Å². The molecule has 90 valence electrons. The predicted molar refractivity (Wildman–Crippen MR) is 70.3 cm³/mol. The van der Waals surface area contributed by atoms with Crippen molar-refractivity contribution in [2.24, 2.45) is 0 Å². The van der Waals surface area contributed by atoms with Crippen molar-refractivity contribution in [2.45, 2.75) is 13.3 Å². The van der Waals surface area contributed by atoms with Crippen molar-refractivity contribution in [3.05, 3.63) is 47.8 Å². The molecule has 1 aromatic carbocycles. The fraction of sp³-hybridized carbons (Fsp3) is 0.200. The average Bonchev–Trinajstić information content (AvgIpc) is 2.46. The molecule has 2 rings (SSSR count). The number of benzene rings is 1. The van der Waals surface area contributed by atoms with Crippen LogP contribution in [0.1, 0.15) is 18.2 Å². The summed E-state index contributed by atoms with van der Waals surface area (Å²) in [7, 11) is 1.64. The second-order valence-corrected chi connectivity index (χ2v) is 3.92. The number of aryl methyl sites for hydroxylation is 1. The topological polar surface area (TPSA) is 45.9 Å². The van der Waals surface area contributed by atoms with Crippen LogP contribution in [0.4, 0.5) is 0 Å². The number of rotatable bonds is 3. The Kier molecular flexibility index (Phi) is 3.59. The van der Waals surface area contributed by atoms with E-state index < -0.39 is 0 Å². The minimum atomic E-state index is 0.595. The Morgan fingerprint density at radius 1 is 1.28 bits per heavy atom. The van der Waals surface area contributed by atoms with Crippen LogP contribution in [-0.2, 0) is 6.42 Å². The van der Waals surface area contributed by atoms with Crippen molar-refractivity contribution in [1.82, 2.24) is 4.98 Å². The summed E-state index contributed by atoms with van der Waals surface area (Å²) in [6.07, 6.45) is 2.49. The molecule has 0 aliphatic rings.